The molecule has 0 aliphatic carbocycles. The van der Waals surface area contributed by atoms with Gasteiger partial charge in [0.05, 0.1) is 4.92 Å². The van der Waals surface area contributed by atoms with E-state index >= 15 is 0 Å². The highest BCUT2D eigenvalue weighted by atomic mass is 16.6. The van der Waals surface area contributed by atoms with Crippen LogP contribution in [-0.2, 0) is 0 Å². The molecule has 6 heteroatoms. The molecular formula is C13H19N3O3. The Morgan fingerprint density at radius 3 is 2.58 bits per heavy atom. The van der Waals surface area contributed by atoms with E-state index in [1.54, 1.807) is 6.07 Å². The van der Waals surface area contributed by atoms with Crippen molar-refractivity contribution in [2.45, 2.75) is 32.2 Å². The molecule has 0 aliphatic heterocycles. The predicted octanol–water partition coefficient (Wildman–Crippen LogP) is 1.84. The zero-order valence-corrected chi connectivity index (χ0v) is 11.2. The van der Waals surface area contributed by atoms with Crippen LogP contribution in [0.3, 0.4) is 0 Å². The summed E-state index contributed by atoms with van der Waals surface area (Å²) in [5, 5.41) is 13.4. The van der Waals surface area contributed by atoms with Crippen LogP contribution in [0.15, 0.2) is 24.3 Å². The Hall–Kier alpha value is -1.95. The molecule has 19 heavy (non-hydrogen) atoms. The average Bonchev–Trinajstić information content (AvgIpc) is 2.44. The summed E-state index contributed by atoms with van der Waals surface area (Å²) >= 11 is 0. The summed E-state index contributed by atoms with van der Waals surface area (Å²) in [4.78, 5) is 22.0. The number of nitrogens with one attached hydrogen (secondary N) is 1. The Morgan fingerprint density at radius 1 is 1.42 bits per heavy atom. The van der Waals surface area contributed by atoms with Gasteiger partial charge in [0, 0.05) is 29.8 Å². The number of nitro groups is 1. The molecule has 1 rings (SSSR count). The molecule has 0 atom stereocenters. The number of hydrogen-bond donors (Lipinski definition) is 2. The van der Waals surface area contributed by atoms with Gasteiger partial charge in [-0.25, -0.2) is 0 Å². The molecule has 1 aromatic carbocycles. The lowest BCUT2D eigenvalue weighted by atomic mass is 9.94. The first kappa shape index (κ1) is 15.1. The predicted molar refractivity (Wildman–Crippen MR) is 72.9 cm³/mol. The van der Waals surface area contributed by atoms with Crippen molar-refractivity contribution in [3.63, 3.8) is 0 Å². The van der Waals surface area contributed by atoms with Crippen LogP contribution in [0.1, 0.15) is 37.0 Å². The monoisotopic (exact) mass is 265 g/mol. The first-order valence-corrected chi connectivity index (χ1v) is 6.23. The Balaban J connectivity index is 2.74. The first-order valence-electron chi connectivity index (χ1n) is 6.23. The van der Waals surface area contributed by atoms with E-state index in [0.717, 1.165) is 12.8 Å². The SMILES string of the molecule is CCC(N)(CC)CNC(=O)c1cccc([N+](=O)[O-])c1. The number of carbonyl (C=O) groups is 1. The lowest BCUT2D eigenvalue weighted by molar-refractivity contribution is -0.384. The fourth-order valence-electron chi connectivity index (χ4n) is 1.62. The normalized spacial score (nSPS) is 11.1. The van der Waals surface area contributed by atoms with Crippen LogP contribution in [0.25, 0.3) is 0 Å². The van der Waals surface area contributed by atoms with E-state index in [1.807, 2.05) is 13.8 Å². The van der Waals surface area contributed by atoms with Gasteiger partial charge in [-0.3, -0.25) is 14.9 Å². The number of rotatable bonds is 6. The van der Waals surface area contributed by atoms with Crippen molar-refractivity contribution < 1.29 is 9.72 Å². The molecular weight excluding hydrogens is 246 g/mol. The van der Waals surface area contributed by atoms with Gasteiger partial charge in [-0.05, 0) is 18.9 Å². The van der Waals surface area contributed by atoms with E-state index in [2.05, 4.69) is 5.32 Å². The van der Waals surface area contributed by atoms with Gasteiger partial charge >= 0.3 is 0 Å². The van der Waals surface area contributed by atoms with Crippen LogP contribution in [0, 0.1) is 10.1 Å². The van der Waals surface area contributed by atoms with Gasteiger partial charge < -0.3 is 11.1 Å². The highest BCUT2D eigenvalue weighted by Crippen LogP contribution is 2.14. The maximum absolute atomic E-state index is 11.9. The highest BCUT2D eigenvalue weighted by Gasteiger charge is 2.21. The number of non-ortho nitro benzene ring substituents is 1. The quantitative estimate of drug-likeness (QED) is 0.605. The van der Waals surface area contributed by atoms with Gasteiger partial charge in [-0.1, -0.05) is 19.9 Å². The van der Waals surface area contributed by atoms with E-state index in [4.69, 9.17) is 5.73 Å². The minimum Gasteiger partial charge on any atom is -0.350 e. The van der Waals surface area contributed by atoms with Gasteiger partial charge in [0.15, 0.2) is 0 Å². The van der Waals surface area contributed by atoms with Gasteiger partial charge in [-0.15, -0.1) is 0 Å². The van der Waals surface area contributed by atoms with Gasteiger partial charge in [-0.2, -0.15) is 0 Å². The molecule has 0 heterocycles. The molecule has 0 aromatic heterocycles. The van der Waals surface area contributed by atoms with Crippen molar-refractivity contribution in [3.8, 4) is 0 Å². The highest BCUT2D eigenvalue weighted by molar-refractivity contribution is 5.94. The molecule has 104 valence electrons. The van der Waals surface area contributed by atoms with E-state index in [1.165, 1.54) is 18.2 Å². The molecule has 3 N–H and O–H groups in total. The number of benzene rings is 1. The standard InChI is InChI=1S/C13H19N3O3/c1-3-13(14,4-2)9-15-12(17)10-6-5-7-11(8-10)16(18)19/h5-8H,3-4,9,14H2,1-2H3,(H,15,17). The van der Waals surface area contributed by atoms with E-state index in [-0.39, 0.29) is 17.2 Å². The molecule has 0 saturated heterocycles. The molecule has 1 amide bonds. The fourth-order valence-corrected chi connectivity index (χ4v) is 1.62. The van der Waals surface area contributed by atoms with Crippen molar-refractivity contribution in [2.75, 3.05) is 6.54 Å². The maximum Gasteiger partial charge on any atom is 0.270 e. The molecule has 0 spiro atoms. The summed E-state index contributed by atoms with van der Waals surface area (Å²) in [6.07, 6.45) is 1.50. The molecule has 1 aromatic rings. The van der Waals surface area contributed by atoms with Crippen molar-refractivity contribution in [2.24, 2.45) is 5.73 Å². The molecule has 0 fully saturated rings. The zero-order valence-electron chi connectivity index (χ0n) is 11.2. The van der Waals surface area contributed by atoms with Crippen LogP contribution >= 0.6 is 0 Å². The van der Waals surface area contributed by atoms with Crippen LogP contribution in [0.5, 0.6) is 0 Å². The molecule has 0 bridgehead atoms. The Kier molecular flexibility index (Phi) is 5.00. The number of carbonyl (C=O) groups excluding carboxylic acids is 1. The Labute approximate surface area is 112 Å². The third-order valence-electron chi connectivity index (χ3n) is 3.33. The summed E-state index contributed by atoms with van der Waals surface area (Å²) in [7, 11) is 0. The summed E-state index contributed by atoms with van der Waals surface area (Å²) < 4.78 is 0. The number of nitro benzene ring substituents is 1. The summed E-state index contributed by atoms with van der Waals surface area (Å²) in [5.74, 6) is -0.347. The smallest absolute Gasteiger partial charge is 0.270 e. The van der Waals surface area contributed by atoms with E-state index in [9.17, 15) is 14.9 Å². The van der Waals surface area contributed by atoms with Gasteiger partial charge in [0.2, 0.25) is 0 Å². The molecule has 6 nitrogen and oxygen atoms in total. The minimum absolute atomic E-state index is 0.0994. The van der Waals surface area contributed by atoms with E-state index < -0.39 is 10.5 Å². The van der Waals surface area contributed by atoms with Crippen molar-refractivity contribution in [1.82, 2.24) is 5.32 Å². The van der Waals surface area contributed by atoms with Crippen molar-refractivity contribution in [1.29, 1.82) is 0 Å². The fraction of sp³-hybridized carbons (Fsp3) is 0.462. The summed E-state index contributed by atoms with van der Waals surface area (Å²) in [6, 6.07) is 5.63. The molecule has 0 unspecified atom stereocenters. The number of nitrogens with two attached hydrogens (primary N) is 1. The number of hydrogen-bond acceptors (Lipinski definition) is 4. The average molecular weight is 265 g/mol. The summed E-state index contributed by atoms with van der Waals surface area (Å²) in [6.45, 7) is 4.27. The lowest BCUT2D eigenvalue weighted by Gasteiger charge is -2.26. The number of amides is 1. The maximum atomic E-state index is 11.9. The van der Waals surface area contributed by atoms with Crippen LogP contribution in [-0.4, -0.2) is 22.9 Å². The number of nitrogens with zero attached hydrogens (tertiary/aromatic N) is 1. The Bertz CT molecular complexity index is 470. The van der Waals surface area contributed by atoms with Crippen LogP contribution in [0.2, 0.25) is 0 Å². The first-order chi connectivity index (χ1) is 8.91. The van der Waals surface area contributed by atoms with E-state index in [0.29, 0.717) is 6.54 Å². The van der Waals surface area contributed by atoms with Gasteiger partial charge in [0.1, 0.15) is 0 Å². The second kappa shape index (κ2) is 6.29. The van der Waals surface area contributed by atoms with Crippen LogP contribution in [0.4, 0.5) is 5.69 Å². The zero-order chi connectivity index (χ0) is 14.5. The van der Waals surface area contributed by atoms with Gasteiger partial charge in [0.25, 0.3) is 11.6 Å². The third-order valence-corrected chi connectivity index (χ3v) is 3.33. The third kappa shape index (κ3) is 4.03. The Morgan fingerprint density at radius 2 is 2.05 bits per heavy atom. The van der Waals surface area contributed by atoms with Crippen molar-refractivity contribution in [3.05, 3.63) is 39.9 Å². The molecule has 0 saturated carbocycles. The lowest BCUT2D eigenvalue weighted by Crippen LogP contribution is -2.49. The minimum atomic E-state index is -0.526. The van der Waals surface area contributed by atoms with Crippen LogP contribution < -0.4 is 11.1 Å². The molecule has 0 aliphatic rings. The molecule has 0 radical (unpaired) electrons. The summed E-state index contributed by atoms with van der Waals surface area (Å²) in [5.41, 5.74) is 5.81. The second-order valence-corrected chi connectivity index (χ2v) is 4.56. The van der Waals surface area contributed by atoms with Crippen molar-refractivity contribution >= 4 is 11.6 Å². The topological polar surface area (TPSA) is 98.3 Å². The largest absolute Gasteiger partial charge is 0.350 e. The second-order valence-electron chi connectivity index (χ2n) is 4.56.